The summed E-state index contributed by atoms with van der Waals surface area (Å²) in [4.78, 5) is 18.1. The highest BCUT2D eigenvalue weighted by Crippen LogP contribution is 2.31. The third-order valence-corrected chi connectivity index (χ3v) is 6.70. The number of nitrogens with one attached hydrogen (secondary N) is 1. The van der Waals surface area contributed by atoms with Gasteiger partial charge in [0.15, 0.2) is 0 Å². The number of para-hydroxylation sites is 1. The summed E-state index contributed by atoms with van der Waals surface area (Å²) in [5.41, 5.74) is 1.78. The number of rotatable bonds is 6. The van der Waals surface area contributed by atoms with Gasteiger partial charge in [0.1, 0.15) is 5.69 Å². The van der Waals surface area contributed by atoms with E-state index in [4.69, 9.17) is 0 Å². The molecule has 1 N–H and O–H groups in total. The van der Waals surface area contributed by atoms with E-state index in [2.05, 4.69) is 35.9 Å². The molecule has 2 heterocycles. The van der Waals surface area contributed by atoms with Gasteiger partial charge in [-0.2, -0.15) is 0 Å². The van der Waals surface area contributed by atoms with Gasteiger partial charge >= 0.3 is 6.30 Å². The minimum Gasteiger partial charge on any atom is -0.351 e. The van der Waals surface area contributed by atoms with Crippen LogP contribution in [0.4, 0.5) is 13.2 Å². The third kappa shape index (κ3) is 5.41. The highest BCUT2D eigenvalue weighted by atomic mass is 19.4. The fraction of sp³-hybridized carbons (Fsp3) is 0.423. The summed E-state index contributed by atoms with van der Waals surface area (Å²) in [6.45, 7) is 5.49. The molecule has 1 aliphatic rings. The molecule has 2 aromatic carbocycles. The maximum Gasteiger partial charge on any atom is 0.487 e. The standard InChI is InChI=1S/C26H30F3N3O/c1-25(2,17-19-8-4-3-5-9-19)31-14-12-20(13-15-31)18-32(26(27,28)29)24(33)23-16-21-10-6-7-11-22(21)30-23/h3-11,16,20,30H,12-15,17-18H2,1-2H3. The van der Waals surface area contributed by atoms with Gasteiger partial charge in [-0.15, -0.1) is 13.2 Å². The molecule has 0 unspecified atom stereocenters. The topological polar surface area (TPSA) is 39.3 Å². The van der Waals surface area contributed by atoms with Gasteiger partial charge in [-0.1, -0.05) is 48.5 Å². The maximum atomic E-state index is 13.9. The Kier molecular flexibility index (Phi) is 6.52. The number of alkyl halides is 3. The Labute approximate surface area is 192 Å². The molecule has 0 spiro atoms. The summed E-state index contributed by atoms with van der Waals surface area (Å²) in [6, 6.07) is 18.8. The summed E-state index contributed by atoms with van der Waals surface area (Å²) >= 11 is 0. The van der Waals surface area contributed by atoms with Crippen molar-refractivity contribution in [3.63, 3.8) is 0 Å². The van der Waals surface area contributed by atoms with Crippen LogP contribution >= 0.6 is 0 Å². The van der Waals surface area contributed by atoms with E-state index in [1.807, 2.05) is 18.2 Å². The molecule has 0 bridgehead atoms. The SMILES string of the molecule is CC(C)(Cc1ccccc1)N1CCC(CN(C(=O)c2cc3ccccc3[nH]2)C(F)(F)F)CC1. The Balaban J connectivity index is 1.41. The van der Waals surface area contributed by atoms with Crippen LogP contribution in [-0.2, 0) is 6.42 Å². The van der Waals surface area contributed by atoms with Gasteiger partial charge in [-0.3, -0.25) is 9.69 Å². The lowest BCUT2D eigenvalue weighted by atomic mass is 9.88. The van der Waals surface area contributed by atoms with Crippen LogP contribution in [0.15, 0.2) is 60.7 Å². The number of hydrogen-bond donors (Lipinski definition) is 1. The Morgan fingerprint density at radius 2 is 1.67 bits per heavy atom. The summed E-state index contributed by atoms with van der Waals surface area (Å²) < 4.78 is 41.6. The predicted molar refractivity (Wildman–Crippen MR) is 124 cm³/mol. The molecular formula is C26H30F3N3O. The number of fused-ring (bicyclic) bond motifs is 1. The molecule has 0 saturated carbocycles. The number of nitrogens with zero attached hydrogens (tertiary/aromatic N) is 2. The second-order valence-corrected chi connectivity index (χ2v) is 9.56. The number of H-pyrrole nitrogens is 1. The monoisotopic (exact) mass is 457 g/mol. The quantitative estimate of drug-likeness (QED) is 0.471. The first kappa shape index (κ1) is 23.4. The molecule has 176 valence electrons. The van der Waals surface area contributed by atoms with Crippen molar-refractivity contribution in [3.05, 3.63) is 71.9 Å². The average molecular weight is 458 g/mol. The molecular weight excluding hydrogens is 427 g/mol. The zero-order valence-corrected chi connectivity index (χ0v) is 19.0. The lowest BCUT2D eigenvalue weighted by Crippen LogP contribution is -2.52. The van der Waals surface area contributed by atoms with Gasteiger partial charge in [0.25, 0.3) is 5.91 Å². The van der Waals surface area contributed by atoms with Crippen LogP contribution in [0.25, 0.3) is 10.9 Å². The minimum atomic E-state index is -4.72. The number of hydrogen-bond acceptors (Lipinski definition) is 2. The number of halogens is 3. The molecule has 4 nitrogen and oxygen atoms in total. The van der Waals surface area contributed by atoms with Crippen LogP contribution in [-0.4, -0.2) is 52.2 Å². The largest absolute Gasteiger partial charge is 0.487 e. The van der Waals surface area contributed by atoms with E-state index in [0.717, 1.165) is 24.9 Å². The number of carbonyl (C=O) groups is 1. The highest BCUT2D eigenvalue weighted by Gasteiger charge is 2.43. The van der Waals surface area contributed by atoms with Gasteiger partial charge in [0.2, 0.25) is 0 Å². The molecule has 1 amide bonds. The van der Waals surface area contributed by atoms with Crippen molar-refractivity contribution in [1.82, 2.24) is 14.8 Å². The molecule has 0 atom stereocenters. The Bertz CT molecular complexity index is 1050. The molecule has 33 heavy (non-hydrogen) atoms. The van der Waals surface area contributed by atoms with E-state index >= 15 is 0 Å². The first-order valence-electron chi connectivity index (χ1n) is 11.4. The normalized spacial score (nSPS) is 16.3. The number of amides is 1. The molecule has 1 aromatic heterocycles. The zero-order chi connectivity index (χ0) is 23.6. The van der Waals surface area contributed by atoms with E-state index in [-0.39, 0.29) is 28.6 Å². The van der Waals surface area contributed by atoms with Gasteiger partial charge in [0, 0.05) is 23.0 Å². The number of piperidine rings is 1. The van der Waals surface area contributed by atoms with Crippen LogP contribution in [0.3, 0.4) is 0 Å². The van der Waals surface area contributed by atoms with Crippen LogP contribution in [0, 0.1) is 5.92 Å². The summed E-state index contributed by atoms with van der Waals surface area (Å²) in [5, 5.41) is 0.719. The van der Waals surface area contributed by atoms with Crippen molar-refractivity contribution in [1.29, 1.82) is 0 Å². The zero-order valence-electron chi connectivity index (χ0n) is 19.0. The Hall–Kier alpha value is -2.80. The van der Waals surface area contributed by atoms with Crippen LogP contribution in [0.5, 0.6) is 0 Å². The van der Waals surface area contributed by atoms with E-state index in [1.165, 1.54) is 11.6 Å². The number of benzene rings is 2. The summed E-state index contributed by atoms with van der Waals surface area (Å²) in [6.07, 6.45) is -2.58. The van der Waals surface area contributed by atoms with Crippen LogP contribution < -0.4 is 0 Å². The fourth-order valence-electron chi connectivity index (χ4n) is 4.82. The van der Waals surface area contributed by atoms with Crippen LogP contribution in [0.2, 0.25) is 0 Å². The maximum absolute atomic E-state index is 13.9. The molecule has 0 radical (unpaired) electrons. The van der Waals surface area contributed by atoms with Gasteiger partial charge in [-0.25, -0.2) is 4.90 Å². The first-order chi connectivity index (χ1) is 15.6. The van der Waals surface area contributed by atoms with Crippen molar-refractivity contribution in [2.45, 2.75) is 44.9 Å². The Morgan fingerprint density at radius 3 is 2.30 bits per heavy atom. The van der Waals surface area contributed by atoms with Crippen LogP contribution in [0.1, 0.15) is 42.7 Å². The minimum absolute atomic E-state index is 0.0324. The Morgan fingerprint density at radius 1 is 1.03 bits per heavy atom. The predicted octanol–water partition coefficient (Wildman–Crippen LogP) is 5.86. The van der Waals surface area contributed by atoms with Gasteiger partial charge in [-0.05, 0) is 69.8 Å². The summed E-state index contributed by atoms with van der Waals surface area (Å²) in [7, 11) is 0. The lowest BCUT2D eigenvalue weighted by Gasteiger charge is -2.44. The molecule has 0 aliphatic carbocycles. The van der Waals surface area contributed by atoms with E-state index in [9.17, 15) is 18.0 Å². The molecule has 4 rings (SSSR count). The molecule has 1 fully saturated rings. The van der Waals surface area contributed by atoms with Gasteiger partial charge < -0.3 is 4.98 Å². The number of aromatic nitrogens is 1. The molecule has 3 aromatic rings. The fourth-order valence-corrected chi connectivity index (χ4v) is 4.82. The average Bonchev–Trinajstić information content (AvgIpc) is 3.21. The number of aromatic amines is 1. The number of likely N-dealkylation sites (tertiary alicyclic amines) is 1. The van der Waals surface area contributed by atoms with E-state index < -0.39 is 12.2 Å². The van der Waals surface area contributed by atoms with Crippen molar-refractivity contribution in [3.8, 4) is 0 Å². The van der Waals surface area contributed by atoms with E-state index in [1.54, 1.807) is 24.3 Å². The first-order valence-corrected chi connectivity index (χ1v) is 11.4. The highest BCUT2D eigenvalue weighted by molar-refractivity contribution is 5.98. The van der Waals surface area contributed by atoms with Crippen molar-refractivity contribution in [2.75, 3.05) is 19.6 Å². The summed E-state index contributed by atoms with van der Waals surface area (Å²) in [5.74, 6) is -1.21. The second kappa shape index (κ2) is 9.21. The molecule has 1 saturated heterocycles. The third-order valence-electron chi connectivity index (χ3n) is 6.70. The van der Waals surface area contributed by atoms with E-state index in [0.29, 0.717) is 18.4 Å². The van der Waals surface area contributed by atoms with Crippen molar-refractivity contribution < 1.29 is 18.0 Å². The number of carbonyl (C=O) groups excluding carboxylic acids is 1. The van der Waals surface area contributed by atoms with Crippen molar-refractivity contribution >= 4 is 16.8 Å². The molecule has 1 aliphatic heterocycles. The second-order valence-electron chi connectivity index (χ2n) is 9.56. The molecule has 7 heteroatoms. The van der Waals surface area contributed by atoms with Gasteiger partial charge in [0.05, 0.1) is 0 Å². The van der Waals surface area contributed by atoms with Crippen molar-refractivity contribution in [2.24, 2.45) is 5.92 Å². The lowest BCUT2D eigenvalue weighted by molar-refractivity contribution is -0.228. The smallest absolute Gasteiger partial charge is 0.351 e.